The summed E-state index contributed by atoms with van der Waals surface area (Å²) in [6, 6.07) is 3.60. The maximum atomic E-state index is 12.3. The Labute approximate surface area is 113 Å². The summed E-state index contributed by atoms with van der Waals surface area (Å²) >= 11 is 0. The predicted molar refractivity (Wildman–Crippen MR) is 70.7 cm³/mol. The summed E-state index contributed by atoms with van der Waals surface area (Å²) in [6.45, 7) is 4.00. The van der Waals surface area contributed by atoms with Crippen molar-refractivity contribution in [2.45, 2.75) is 32.3 Å². The number of nitrogens with zero attached hydrogens (tertiary/aromatic N) is 2. The van der Waals surface area contributed by atoms with Gasteiger partial charge in [0, 0.05) is 25.9 Å². The number of H-pyrrole nitrogens is 1. The molecule has 0 radical (unpaired) electrons. The lowest BCUT2D eigenvalue weighted by Crippen LogP contribution is -2.39. The van der Waals surface area contributed by atoms with E-state index in [0.717, 1.165) is 25.9 Å². The van der Waals surface area contributed by atoms with Crippen molar-refractivity contribution in [2.24, 2.45) is 0 Å². The maximum absolute atomic E-state index is 12.3. The molecule has 0 saturated carbocycles. The fraction of sp³-hybridized carbons (Fsp3) is 0.571. The van der Waals surface area contributed by atoms with E-state index in [1.54, 1.807) is 17.2 Å². The number of ether oxygens (including phenoxy) is 1. The minimum absolute atomic E-state index is 0.0711. The third-order valence-corrected chi connectivity index (χ3v) is 3.41. The van der Waals surface area contributed by atoms with Crippen molar-refractivity contribution < 1.29 is 9.53 Å². The normalized spacial score (nSPS) is 18.8. The molecule has 1 aliphatic rings. The summed E-state index contributed by atoms with van der Waals surface area (Å²) in [4.78, 5) is 16.9. The van der Waals surface area contributed by atoms with Gasteiger partial charge >= 0.3 is 0 Å². The van der Waals surface area contributed by atoms with Crippen LogP contribution in [0.5, 0.6) is 0 Å². The van der Waals surface area contributed by atoms with E-state index < -0.39 is 0 Å². The van der Waals surface area contributed by atoms with Gasteiger partial charge < -0.3 is 14.6 Å². The zero-order valence-electron chi connectivity index (χ0n) is 11.2. The van der Waals surface area contributed by atoms with Crippen molar-refractivity contribution in [3.63, 3.8) is 0 Å². The van der Waals surface area contributed by atoms with E-state index in [1.807, 2.05) is 13.0 Å². The fourth-order valence-corrected chi connectivity index (χ4v) is 2.31. The van der Waals surface area contributed by atoms with Crippen LogP contribution in [-0.2, 0) is 4.74 Å². The minimum Gasteiger partial charge on any atom is -0.376 e. The smallest absolute Gasteiger partial charge is 0.270 e. The van der Waals surface area contributed by atoms with E-state index in [4.69, 9.17) is 10.00 Å². The number of nitriles is 1. The van der Waals surface area contributed by atoms with Gasteiger partial charge in [0.25, 0.3) is 5.91 Å². The summed E-state index contributed by atoms with van der Waals surface area (Å²) in [5, 5.41) is 8.77. The van der Waals surface area contributed by atoms with Gasteiger partial charge in [-0.25, -0.2) is 0 Å². The molecule has 2 rings (SSSR count). The molecule has 0 unspecified atom stereocenters. The number of nitrogens with one attached hydrogen (secondary N) is 1. The molecule has 102 valence electrons. The second-order valence-electron chi connectivity index (χ2n) is 4.75. The Balaban J connectivity index is 2.00. The van der Waals surface area contributed by atoms with Gasteiger partial charge in [0.2, 0.25) is 0 Å². The Kier molecular flexibility index (Phi) is 4.58. The number of hydrogen-bond acceptors (Lipinski definition) is 3. The average Bonchev–Trinajstić information content (AvgIpc) is 2.94. The highest BCUT2D eigenvalue weighted by Gasteiger charge is 2.22. The Morgan fingerprint density at radius 1 is 1.63 bits per heavy atom. The number of carbonyl (C=O) groups excluding carboxylic acids is 1. The molecule has 1 N–H and O–H groups in total. The molecule has 1 aliphatic heterocycles. The largest absolute Gasteiger partial charge is 0.376 e. The molecule has 0 aliphatic carbocycles. The van der Waals surface area contributed by atoms with Crippen LogP contribution in [0.4, 0.5) is 0 Å². The first-order valence-corrected chi connectivity index (χ1v) is 6.74. The van der Waals surface area contributed by atoms with Gasteiger partial charge in [-0.15, -0.1) is 0 Å². The number of rotatable bonds is 4. The molecular formula is C14H19N3O2. The zero-order valence-corrected chi connectivity index (χ0v) is 11.2. The number of amides is 1. The van der Waals surface area contributed by atoms with Crippen LogP contribution in [0.25, 0.3) is 0 Å². The van der Waals surface area contributed by atoms with Gasteiger partial charge in [0.05, 0.1) is 11.7 Å². The van der Waals surface area contributed by atoms with Crippen LogP contribution in [0.3, 0.4) is 0 Å². The number of aromatic amines is 1. The second kappa shape index (κ2) is 6.39. The zero-order chi connectivity index (χ0) is 13.7. The van der Waals surface area contributed by atoms with E-state index in [1.165, 1.54) is 0 Å². The third kappa shape index (κ3) is 3.36. The van der Waals surface area contributed by atoms with E-state index >= 15 is 0 Å². The summed E-state index contributed by atoms with van der Waals surface area (Å²) in [7, 11) is 0. The maximum Gasteiger partial charge on any atom is 0.270 e. The van der Waals surface area contributed by atoms with Gasteiger partial charge in [0.15, 0.2) is 0 Å². The van der Waals surface area contributed by atoms with Crippen molar-refractivity contribution in [3.8, 4) is 6.07 Å². The van der Waals surface area contributed by atoms with Crippen molar-refractivity contribution >= 4 is 5.91 Å². The van der Waals surface area contributed by atoms with Crippen molar-refractivity contribution in [1.29, 1.82) is 5.26 Å². The quantitative estimate of drug-likeness (QED) is 0.900. The SMILES string of the molecule is CCN(C[C@@H]1CCCCO1)C(=O)c1cc(C#N)c[nH]1. The summed E-state index contributed by atoms with van der Waals surface area (Å²) in [5.41, 5.74) is 0.947. The number of likely N-dealkylation sites (N-methyl/N-ethyl adjacent to an activating group) is 1. The van der Waals surface area contributed by atoms with Gasteiger partial charge in [-0.1, -0.05) is 0 Å². The van der Waals surface area contributed by atoms with E-state index in [0.29, 0.717) is 24.3 Å². The molecule has 1 saturated heterocycles. The summed E-state index contributed by atoms with van der Waals surface area (Å²) in [5.74, 6) is -0.0711. The van der Waals surface area contributed by atoms with Gasteiger partial charge in [-0.3, -0.25) is 4.79 Å². The Morgan fingerprint density at radius 2 is 2.47 bits per heavy atom. The molecule has 19 heavy (non-hydrogen) atoms. The molecule has 1 fully saturated rings. The lowest BCUT2D eigenvalue weighted by Gasteiger charge is -2.29. The first-order chi connectivity index (χ1) is 9.24. The standard InChI is InChI=1S/C14H19N3O2/c1-2-17(10-12-5-3-4-6-19-12)14(18)13-7-11(8-15)9-16-13/h7,9,12,16H,2-6,10H2,1H3/t12-/m0/s1. The molecule has 1 amide bonds. The van der Waals surface area contributed by atoms with Gasteiger partial charge in [0.1, 0.15) is 11.8 Å². The van der Waals surface area contributed by atoms with Crippen molar-refractivity contribution in [1.82, 2.24) is 9.88 Å². The molecule has 0 aromatic carbocycles. The Morgan fingerprint density at radius 3 is 3.05 bits per heavy atom. The Hall–Kier alpha value is -1.80. The lowest BCUT2D eigenvalue weighted by atomic mass is 10.1. The topological polar surface area (TPSA) is 69.1 Å². The molecule has 1 atom stereocenters. The average molecular weight is 261 g/mol. The van der Waals surface area contributed by atoms with Crippen LogP contribution in [0.1, 0.15) is 42.2 Å². The van der Waals surface area contributed by atoms with Crippen LogP contribution >= 0.6 is 0 Å². The monoisotopic (exact) mass is 261 g/mol. The molecule has 5 nitrogen and oxygen atoms in total. The molecule has 2 heterocycles. The van der Waals surface area contributed by atoms with Crippen LogP contribution in [-0.4, -0.2) is 41.6 Å². The first kappa shape index (κ1) is 13.6. The van der Waals surface area contributed by atoms with Crippen LogP contribution in [0.2, 0.25) is 0 Å². The second-order valence-corrected chi connectivity index (χ2v) is 4.75. The highest BCUT2D eigenvalue weighted by Crippen LogP contribution is 2.15. The molecule has 0 spiro atoms. The number of carbonyl (C=O) groups is 1. The van der Waals surface area contributed by atoms with Crippen molar-refractivity contribution in [2.75, 3.05) is 19.7 Å². The highest BCUT2D eigenvalue weighted by atomic mass is 16.5. The van der Waals surface area contributed by atoms with Gasteiger partial charge in [-0.2, -0.15) is 5.26 Å². The molecular weight excluding hydrogens is 242 g/mol. The van der Waals surface area contributed by atoms with Crippen LogP contribution in [0, 0.1) is 11.3 Å². The highest BCUT2D eigenvalue weighted by molar-refractivity contribution is 5.92. The molecule has 5 heteroatoms. The fourth-order valence-electron chi connectivity index (χ4n) is 2.31. The number of aromatic nitrogens is 1. The van der Waals surface area contributed by atoms with E-state index in [2.05, 4.69) is 4.98 Å². The molecule has 1 aromatic rings. The minimum atomic E-state index is -0.0711. The Bertz CT molecular complexity index is 469. The van der Waals surface area contributed by atoms with Crippen LogP contribution in [0.15, 0.2) is 12.3 Å². The molecule has 0 bridgehead atoms. The van der Waals surface area contributed by atoms with Crippen LogP contribution < -0.4 is 0 Å². The lowest BCUT2D eigenvalue weighted by molar-refractivity contribution is -0.00321. The predicted octanol–water partition coefficient (Wildman–Crippen LogP) is 1.92. The number of hydrogen-bond donors (Lipinski definition) is 1. The summed E-state index contributed by atoms with van der Waals surface area (Å²) < 4.78 is 5.67. The van der Waals surface area contributed by atoms with E-state index in [-0.39, 0.29) is 12.0 Å². The summed E-state index contributed by atoms with van der Waals surface area (Å²) in [6.07, 6.45) is 4.98. The van der Waals surface area contributed by atoms with Gasteiger partial charge in [-0.05, 0) is 32.3 Å². The van der Waals surface area contributed by atoms with E-state index in [9.17, 15) is 4.79 Å². The van der Waals surface area contributed by atoms with Crippen molar-refractivity contribution in [3.05, 3.63) is 23.5 Å². The third-order valence-electron chi connectivity index (χ3n) is 3.41. The molecule has 1 aromatic heterocycles. The first-order valence-electron chi connectivity index (χ1n) is 6.74.